The molecule has 0 atom stereocenters. The standard InChI is InChI=1S/C24H18BrN3O2/c25-18-13-11-17(12-14-18)21-15-16-22(30-21)23(26-19-7-3-1-4-8-19)28-24(29)27-20-9-5-2-6-10-20/h1-16H,(H2,26,27,28,29). The number of hydrogen-bond donors (Lipinski definition) is 2. The van der Waals surface area contributed by atoms with Gasteiger partial charge in [-0.15, -0.1) is 0 Å². The second kappa shape index (κ2) is 9.24. The van der Waals surface area contributed by atoms with Crippen LogP contribution in [-0.4, -0.2) is 11.9 Å². The third kappa shape index (κ3) is 5.04. The van der Waals surface area contributed by atoms with Gasteiger partial charge in [-0.3, -0.25) is 5.32 Å². The smallest absolute Gasteiger partial charge is 0.324 e. The lowest BCUT2D eigenvalue weighted by Crippen LogP contribution is -2.34. The Hall–Kier alpha value is -3.64. The summed E-state index contributed by atoms with van der Waals surface area (Å²) >= 11 is 3.43. The first-order valence-corrected chi connectivity index (χ1v) is 10.1. The highest BCUT2D eigenvalue weighted by Gasteiger charge is 2.14. The zero-order chi connectivity index (χ0) is 20.8. The molecule has 0 radical (unpaired) electrons. The summed E-state index contributed by atoms with van der Waals surface area (Å²) in [6.07, 6.45) is 0. The molecule has 148 valence electrons. The Labute approximate surface area is 182 Å². The number of nitrogens with zero attached hydrogens (tertiary/aromatic N) is 1. The fourth-order valence-corrected chi connectivity index (χ4v) is 3.07. The van der Waals surface area contributed by atoms with Crippen molar-refractivity contribution in [1.82, 2.24) is 5.32 Å². The number of nitrogens with one attached hydrogen (secondary N) is 2. The van der Waals surface area contributed by atoms with E-state index in [9.17, 15) is 4.79 Å². The SMILES string of the molecule is O=C(NC(=Nc1ccccc1)c1ccc(-c2ccc(Br)cc2)o1)Nc1ccccc1. The number of amidine groups is 1. The summed E-state index contributed by atoms with van der Waals surface area (Å²) in [4.78, 5) is 17.1. The quantitative estimate of drug-likeness (QED) is 0.266. The van der Waals surface area contributed by atoms with Crippen molar-refractivity contribution in [2.24, 2.45) is 4.99 Å². The molecule has 2 N–H and O–H groups in total. The molecule has 5 nitrogen and oxygen atoms in total. The lowest BCUT2D eigenvalue weighted by molar-refractivity contribution is 0.256. The van der Waals surface area contributed by atoms with Crippen LogP contribution in [0.5, 0.6) is 0 Å². The Balaban J connectivity index is 1.62. The lowest BCUT2D eigenvalue weighted by Gasteiger charge is -2.09. The molecule has 1 aromatic heterocycles. The number of benzene rings is 3. The number of urea groups is 1. The van der Waals surface area contributed by atoms with Crippen LogP contribution in [0.15, 0.2) is 111 Å². The fourth-order valence-electron chi connectivity index (χ4n) is 2.80. The largest absolute Gasteiger partial charge is 0.453 e. The molecular formula is C24H18BrN3O2. The summed E-state index contributed by atoms with van der Waals surface area (Å²) in [7, 11) is 0. The molecule has 3 aromatic carbocycles. The summed E-state index contributed by atoms with van der Waals surface area (Å²) in [5.74, 6) is 1.46. The number of furan rings is 1. The van der Waals surface area contributed by atoms with E-state index in [0.29, 0.717) is 28.7 Å². The molecule has 4 rings (SSSR count). The number of anilines is 1. The van der Waals surface area contributed by atoms with E-state index in [0.717, 1.165) is 10.0 Å². The van der Waals surface area contributed by atoms with E-state index >= 15 is 0 Å². The molecule has 0 spiro atoms. The maximum Gasteiger partial charge on any atom is 0.324 e. The highest BCUT2D eigenvalue weighted by molar-refractivity contribution is 9.10. The molecule has 0 aliphatic rings. The van der Waals surface area contributed by atoms with Gasteiger partial charge in [-0.25, -0.2) is 9.79 Å². The first kappa shape index (κ1) is 19.7. The molecule has 6 heteroatoms. The van der Waals surface area contributed by atoms with Crippen molar-refractivity contribution < 1.29 is 9.21 Å². The van der Waals surface area contributed by atoms with Crippen molar-refractivity contribution in [3.8, 4) is 11.3 Å². The first-order valence-electron chi connectivity index (χ1n) is 9.30. The van der Waals surface area contributed by atoms with E-state index in [1.54, 1.807) is 6.07 Å². The van der Waals surface area contributed by atoms with Gasteiger partial charge >= 0.3 is 6.03 Å². The van der Waals surface area contributed by atoms with Gasteiger partial charge < -0.3 is 9.73 Å². The maximum atomic E-state index is 12.6. The molecule has 0 aliphatic heterocycles. The summed E-state index contributed by atoms with van der Waals surface area (Å²) in [6.45, 7) is 0. The van der Waals surface area contributed by atoms with Crippen molar-refractivity contribution in [3.05, 3.63) is 107 Å². The summed E-state index contributed by atoms with van der Waals surface area (Å²) in [6, 6.07) is 29.7. The molecule has 0 bridgehead atoms. The van der Waals surface area contributed by atoms with Gasteiger partial charge in [-0.1, -0.05) is 64.5 Å². The van der Waals surface area contributed by atoms with Crippen LogP contribution in [-0.2, 0) is 0 Å². The van der Waals surface area contributed by atoms with Crippen LogP contribution >= 0.6 is 15.9 Å². The van der Waals surface area contributed by atoms with E-state index in [1.165, 1.54) is 0 Å². The van der Waals surface area contributed by atoms with Crippen molar-refractivity contribution in [3.63, 3.8) is 0 Å². The molecule has 0 aliphatic carbocycles. The average molecular weight is 460 g/mol. The fraction of sp³-hybridized carbons (Fsp3) is 0. The molecule has 2 amide bonds. The van der Waals surface area contributed by atoms with Crippen LogP contribution in [0, 0.1) is 0 Å². The highest BCUT2D eigenvalue weighted by atomic mass is 79.9. The van der Waals surface area contributed by atoms with Gasteiger partial charge in [0.1, 0.15) is 5.76 Å². The molecule has 30 heavy (non-hydrogen) atoms. The third-order valence-electron chi connectivity index (χ3n) is 4.23. The Morgan fingerprint density at radius 2 is 1.47 bits per heavy atom. The van der Waals surface area contributed by atoms with Crippen LogP contribution in [0.1, 0.15) is 5.76 Å². The molecule has 0 saturated heterocycles. The van der Waals surface area contributed by atoms with Crippen molar-refractivity contribution >= 4 is 39.2 Å². The number of hydrogen-bond acceptors (Lipinski definition) is 3. The van der Waals surface area contributed by atoms with Gasteiger partial charge in [-0.05, 0) is 48.5 Å². The predicted molar refractivity (Wildman–Crippen MR) is 123 cm³/mol. The number of rotatable bonds is 4. The van der Waals surface area contributed by atoms with Crippen molar-refractivity contribution in [2.45, 2.75) is 0 Å². The van der Waals surface area contributed by atoms with Crippen molar-refractivity contribution in [1.29, 1.82) is 0 Å². The molecule has 4 aromatic rings. The molecule has 0 saturated carbocycles. The number of amides is 2. The number of halogens is 1. The summed E-state index contributed by atoms with van der Waals surface area (Å²) < 4.78 is 7.00. The number of para-hydroxylation sites is 2. The van der Waals surface area contributed by atoms with E-state index < -0.39 is 6.03 Å². The van der Waals surface area contributed by atoms with Crippen LogP contribution in [0.25, 0.3) is 11.3 Å². The molecular weight excluding hydrogens is 442 g/mol. The topological polar surface area (TPSA) is 66.6 Å². The lowest BCUT2D eigenvalue weighted by atomic mass is 10.2. The second-order valence-electron chi connectivity index (χ2n) is 6.41. The normalized spacial score (nSPS) is 11.2. The maximum absolute atomic E-state index is 12.6. The van der Waals surface area contributed by atoms with E-state index in [1.807, 2.05) is 91.0 Å². The van der Waals surface area contributed by atoms with Crippen molar-refractivity contribution in [2.75, 3.05) is 5.32 Å². The number of carbonyl (C=O) groups is 1. The van der Waals surface area contributed by atoms with Gasteiger partial charge in [0.25, 0.3) is 0 Å². The Morgan fingerprint density at radius 1 is 0.800 bits per heavy atom. The minimum Gasteiger partial charge on any atom is -0.453 e. The summed E-state index contributed by atoms with van der Waals surface area (Å²) in [5, 5.41) is 5.60. The third-order valence-corrected chi connectivity index (χ3v) is 4.76. The van der Waals surface area contributed by atoms with E-state index in [-0.39, 0.29) is 0 Å². The van der Waals surface area contributed by atoms with E-state index in [4.69, 9.17) is 4.42 Å². The molecule has 0 unspecified atom stereocenters. The van der Waals surface area contributed by atoms with Crippen LogP contribution in [0.2, 0.25) is 0 Å². The van der Waals surface area contributed by atoms with Gasteiger partial charge in [0.15, 0.2) is 11.6 Å². The van der Waals surface area contributed by atoms with Gasteiger partial charge in [-0.2, -0.15) is 0 Å². The minimum atomic E-state index is -0.405. The average Bonchev–Trinajstić information content (AvgIpc) is 3.25. The minimum absolute atomic E-state index is 0.318. The Morgan fingerprint density at radius 3 is 2.17 bits per heavy atom. The van der Waals surface area contributed by atoms with Gasteiger partial charge in [0.05, 0.1) is 5.69 Å². The summed E-state index contributed by atoms with van der Waals surface area (Å²) in [5.41, 5.74) is 2.32. The molecule has 1 heterocycles. The highest BCUT2D eigenvalue weighted by Crippen LogP contribution is 2.25. The zero-order valence-electron chi connectivity index (χ0n) is 15.9. The molecule has 0 fully saturated rings. The Kier molecular flexibility index (Phi) is 6.06. The predicted octanol–water partition coefficient (Wildman–Crippen LogP) is 6.61. The monoisotopic (exact) mass is 459 g/mol. The first-order chi connectivity index (χ1) is 14.7. The van der Waals surface area contributed by atoms with E-state index in [2.05, 4.69) is 31.6 Å². The second-order valence-corrected chi connectivity index (χ2v) is 7.33. The zero-order valence-corrected chi connectivity index (χ0v) is 17.5. The van der Waals surface area contributed by atoms with Crippen LogP contribution < -0.4 is 10.6 Å². The van der Waals surface area contributed by atoms with Gasteiger partial charge in [0.2, 0.25) is 0 Å². The van der Waals surface area contributed by atoms with Crippen LogP contribution in [0.4, 0.5) is 16.2 Å². The number of carbonyl (C=O) groups excluding carboxylic acids is 1. The van der Waals surface area contributed by atoms with Crippen LogP contribution in [0.3, 0.4) is 0 Å². The van der Waals surface area contributed by atoms with Gasteiger partial charge in [0, 0.05) is 15.7 Å². The Bertz CT molecular complexity index is 1150. The number of aliphatic imine (C=N–C) groups is 1.